The first-order valence-corrected chi connectivity index (χ1v) is 11.4. The number of halogens is 3. The SMILES string of the molecule is COc1cc(/C=C2\N=C(c3cc([N+](=O)[O-])ccc3Cl)OC2=O)cc(I)c1OCc1ccccc1F. The van der Waals surface area contributed by atoms with E-state index in [9.17, 15) is 19.3 Å². The van der Waals surface area contributed by atoms with Crippen LogP contribution >= 0.6 is 34.2 Å². The molecule has 0 atom stereocenters. The Morgan fingerprint density at radius 2 is 2.00 bits per heavy atom. The van der Waals surface area contributed by atoms with Crippen LogP contribution in [0.4, 0.5) is 10.1 Å². The molecule has 3 aromatic rings. The van der Waals surface area contributed by atoms with Gasteiger partial charge in [0.1, 0.15) is 12.4 Å². The number of nitro benzene ring substituents is 1. The van der Waals surface area contributed by atoms with Crippen LogP contribution in [0, 0.1) is 19.5 Å². The van der Waals surface area contributed by atoms with Crippen molar-refractivity contribution in [3.63, 3.8) is 0 Å². The third-order valence-corrected chi connectivity index (χ3v) is 6.03. The van der Waals surface area contributed by atoms with Crippen molar-refractivity contribution in [2.45, 2.75) is 6.61 Å². The topological polar surface area (TPSA) is 100 Å². The lowest BCUT2D eigenvalue weighted by Crippen LogP contribution is -2.06. The Balaban J connectivity index is 1.63. The highest BCUT2D eigenvalue weighted by Gasteiger charge is 2.27. The van der Waals surface area contributed by atoms with Crippen molar-refractivity contribution >= 4 is 57.8 Å². The average molecular weight is 609 g/mol. The number of ether oxygens (including phenoxy) is 3. The van der Waals surface area contributed by atoms with Gasteiger partial charge in [-0.15, -0.1) is 0 Å². The van der Waals surface area contributed by atoms with Crippen LogP contribution in [0.2, 0.25) is 5.02 Å². The molecule has 0 bridgehead atoms. The number of benzene rings is 3. The Bertz CT molecular complexity index is 1410. The molecule has 11 heteroatoms. The summed E-state index contributed by atoms with van der Waals surface area (Å²) in [5.74, 6) is -0.463. The maximum absolute atomic E-state index is 13.9. The van der Waals surface area contributed by atoms with Crippen LogP contribution in [-0.4, -0.2) is 23.9 Å². The predicted molar refractivity (Wildman–Crippen MR) is 135 cm³/mol. The van der Waals surface area contributed by atoms with E-state index in [1.165, 1.54) is 37.5 Å². The quantitative estimate of drug-likeness (QED) is 0.109. The Hall–Kier alpha value is -3.51. The zero-order chi connectivity index (χ0) is 25.1. The van der Waals surface area contributed by atoms with Crippen molar-refractivity contribution in [2.24, 2.45) is 4.99 Å². The molecular weight excluding hydrogens is 594 g/mol. The molecule has 1 aliphatic rings. The van der Waals surface area contributed by atoms with Crippen molar-refractivity contribution in [1.82, 2.24) is 0 Å². The van der Waals surface area contributed by atoms with E-state index in [4.69, 9.17) is 25.8 Å². The average Bonchev–Trinajstić information content (AvgIpc) is 3.18. The fraction of sp³-hybridized carbons (Fsp3) is 0.0833. The molecule has 178 valence electrons. The normalized spacial score (nSPS) is 14.0. The molecule has 0 radical (unpaired) electrons. The lowest BCUT2D eigenvalue weighted by Gasteiger charge is -2.14. The first kappa shape index (κ1) is 24.6. The number of non-ortho nitro benzene ring substituents is 1. The molecule has 1 aliphatic heterocycles. The fourth-order valence-electron chi connectivity index (χ4n) is 3.20. The summed E-state index contributed by atoms with van der Waals surface area (Å²) in [4.78, 5) is 27.1. The largest absolute Gasteiger partial charge is 0.493 e. The number of methoxy groups -OCH3 is 1. The third kappa shape index (κ3) is 5.43. The second-order valence-electron chi connectivity index (χ2n) is 7.17. The van der Waals surface area contributed by atoms with Crippen LogP contribution in [0.1, 0.15) is 16.7 Å². The number of rotatable bonds is 7. The van der Waals surface area contributed by atoms with E-state index < -0.39 is 10.9 Å². The first-order valence-electron chi connectivity index (χ1n) is 9.97. The van der Waals surface area contributed by atoms with Gasteiger partial charge in [-0.25, -0.2) is 14.2 Å². The predicted octanol–water partition coefficient (Wildman–Crippen LogP) is 5.92. The zero-order valence-corrected chi connectivity index (χ0v) is 20.9. The van der Waals surface area contributed by atoms with E-state index in [-0.39, 0.29) is 40.3 Å². The van der Waals surface area contributed by atoms with Crippen LogP contribution in [-0.2, 0) is 16.1 Å². The van der Waals surface area contributed by atoms with Crippen LogP contribution in [0.25, 0.3) is 6.08 Å². The maximum atomic E-state index is 13.9. The Morgan fingerprint density at radius 3 is 2.71 bits per heavy atom. The smallest absolute Gasteiger partial charge is 0.363 e. The third-order valence-electron chi connectivity index (χ3n) is 4.90. The summed E-state index contributed by atoms with van der Waals surface area (Å²) in [6, 6.07) is 13.4. The number of esters is 1. The second kappa shape index (κ2) is 10.4. The van der Waals surface area contributed by atoms with E-state index >= 15 is 0 Å². The molecule has 0 amide bonds. The lowest BCUT2D eigenvalue weighted by molar-refractivity contribution is -0.384. The molecule has 0 aliphatic carbocycles. The van der Waals surface area contributed by atoms with Gasteiger partial charge >= 0.3 is 5.97 Å². The monoisotopic (exact) mass is 608 g/mol. The van der Waals surface area contributed by atoms with Gasteiger partial charge in [0.2, 0.25) is 5.90 Å². The van der Waals surface area contributed by atoms with Gasteiger partial charge in [0.25, 0.3) is 5.69 Å². The minimum absolute atomic E-state index is 0.00339. The minimum Gasteiger partial charge on any atom is -0.493 e. The number of nitro groups is 1. The first-order chi connectivity index (χ1) is 16.8. The van der Waals surface area contributed by atoms with Gasteiger partial charge in [0.15, 0.2) is 17.2 Å². The van der Waals surface area contributed by atoms with E-state index in [1.54, 1.807) is 30.3 Å². The van der Waals surface area contributed by atoms with Gasteiger partial charge in [0.05, 0.1) is 26.2 Å². The summed E-state index contributed by atoms with van der Waals surface area (Å²) >= 11 is 8.17. The molecule has 3 aromatic carbocycles. The molecule has 0 saturated carbocycles. The lowest BCUT2D eigenvalue weighted by atomic mass is 10.1. The van der Waals surface area contributed by atoms with Crippen molar-refractivity contribution in [3.05, 3.63) is 102 Å². The minimum atomic E-state index is -0.739. The Morgan fingerprint density at radius 1 is 1.23 bits per heavy atom. The van der Waals surface area contributed by atoms with E-state index in [0.29, 0.717) is 26.2 Å². The van der Waals surface area contributed by atoms with Crippen LogP contribution < -0.4 is 9.47 Å². The number of cyclic esters (lactones) is 1. The number of hydrogen-bond donors (Lipinski definition) is 0. The molecule has 35 heavy (non-hydrogen) atoms. The molecule has 0 aromatic heterocycles. The number of carbonyl (C=O) groups is 1. The Kier molecular flexibility index (Phi) is 7.31. The van der Waals surface area contributed by atoms with Crippen LogP contribution in [0.3, 0.4) is 0 Å². The Labute approximate surface area is 217 Å². The van der Waals surface area contributed by atoms with Gasteiger partial charge in [-0.05, 0) is 58.5 Å². The van der Waals surface area contributed by atoms with E-state index in [0.717, 1.165) is 0 Å². The van der Waals surface area contributed by atoms with Gasteiger partial charge < -0.3 is 14.2 Å². The summed E-state index contributed by atoms with van der Waals surface area (Å²) in [6.45, 7) is 0.00339. The molecule has 0 N–H and O–H groups in total. The van der Waals surface area contributed by atoms with Gasteiger partial charge in [-0.2, -0.15) is 0 Å². The molecule has 0 saturated heterocycles. The molecule has 0 spiro atoms. The van der Waals surface area contributed by atoms with Crippen molar-refractivity contribution in [2.75, 3.05) is 7.11 Å². The standard InChI is InChI=1S/C24H15ClFIN2O6/c1-33-21-10-13(8-19(27)22(21)34-12-14-4-2-3-5-18(14)26)9-20-24(30)35-23(28-20)16-11-15(29(31)32)6-7-17(16)25/h2-11H,12H2,1H3/b20-9-. The fourth-order valence-corrected chi connectivity index (χ4v) is 4.18. The molecular formula is C24H15ClFIN2O6. The molecule has 0 unspecified atom stereocenters. The molecule has 4 rings (SSSR count). The van der Waals surface area contributed by atoms with Crippen molar-refractivity contribution in [1.29, 1.82) is 0 Å². The summed E-state index contributed by atoms with van der Waals surface area (Å²) in [6.07, 6.45) is 1.48. The molecule has 0 fully saturated rings. The van der Waals surface area contributed by atoms with Crippen molar-refractivity contribution in [3.8, 4) is 11.5 Å². The summed E-state index contributed by atoms with van der Waals surface area (Å²) < 4.78 is 31.0. The van der Waals surface area contributed by atoms with Gasteiger partial charge in [0, 0.05) is 17.7 Å². The summed E-state index contributed by atoms with van der Waals surface area (Å²) in [7, 11) is 1.46. The summed E-state index contributed by atoms with van der Waals surface area (Å²) in [5.41, 5.74) is 0.839. The zero-order valence-electron chi connectivity index (χ0n) is 18.0. The molecule has 1 heterocycles. The number of aliphatic imine (C=N–C) groups is 1. The number of hydrogen-bond acceptors (Lipinski definition) is 7. The van der Waals surface area contributed by atoms with Gasteiger partial charge in [-0.1, -0.05) is 29.8 Å². The maximum Gasteiger partial charge on any atom is 0.363 e. The highest BCUT2D eigenvalue weighted by molar-refractivity contribution is 14.1. The molecule has 8 nitrogen and oxygen atoms in total. The summed E-state index contributed by atoms with van der Waals surface area (Å²) in [5, 5.41) is 11.2. The second-order valence-corrected chi connectivity index (χ2v) is 8.74. The van der Waals surface area contributed by atoms with E-state index in [2.05, 4.69) is 4.99 Å². The van der Waals surface area contributed by atoms with Crippen molar-refractivity contribution < 1.29 is 28.3 Å². The number of carbonyl (C=O) groups excluding carboxylic acids is 1. The van der Waals surface area contributed by atoms with E-state index in [1.807, 2.05) is 22.6 Å². The highest BCUT2D eigenvalue weighted by atomic mass is 127. The van der Waals surface area contributed by atoms with Gasteiger partial charge in [-0.3, -0.25) is 10.1 Å². The highest BCUT2D eigenvalue weighted by Crippen LogP contribution is 2.36. The number of nitrogens with zero attached hydrogens (tertiary/aromatic N) is 2. The van der Waals surface area contributed by atoms with Crippen LogP contribution in [0.5, 0.6) is 11.5 Å². The van der Waals surface area contributed by atoms with Crippen LogP contribution in [0.15, 0.2) is 65.3 Å².